The third kappa shape index (κ3) is 5.39. The zero-order valence-electron chi connectivity index (χ0n) is 11.0. The number of urea groups is 1. The molecule has 4 heteroatoms. The van der Waals surface area contributed by atoms with E-state index in [4.69, 9.17) is 5.73 Å². The smallest absolute Gasteiger partial charge is 0.314 e. The van der Waals surface area contributed by atoms with Gasteiger partial charge in [-0.3, -0.25) is 0 Å². The van der Waals surface area contributed by atoms with Crippen molar-refractivity contribution in [1.82, 2.24) is 10.6 Å². The number of hydrogen-bond donors (Lipinski definition) is 3. The lowest BCUT2D eigenvalue weighted by Crippen LogP contribution is -2.41. The van der Waals surface area contributed by atoms with Crippen LogP contribution >= 0.6 is 0 Å². The first kappa shape index (κ1) is 14.3. The Morgan fingerprint density at radius 1 is 1.24 bits per heavy atom. The van der Waals surface area contributed by atoms with E-state index in [1.165, 1.54) is 25.7 Å². The van der Waals surface area contributed by atoms with Crippen LogP contribution in [0, 0.1) is 11.8 Å². The topological polar surface area (TPSA) is 67.2 Å². The van der Waals surface area contributed by atoms with Gasteiger partial charge in [0.25, 0.3) is 0 Å². The Labute approximate surface area is 105 Å². The standard InChI is InChI=1S/C13H27N3O/c1-2-3-8-15-13(17)16-10-12-7-5-4-6-11(12)9-14/h11-12H,2-10,14H2,1H3,(H2,15,16,17). The maximum absolute atomic E-state index is 11.5. The van der Waals surface area contributed by atoms with Gasteiger partial charge >= 0.3 is 6.03 Å². The maximum Gasteiger partial charge on any atom is 0.314 e. The van der Waals surface area contributed by atoms with E-state index in [2.05, 4.69) is 17.6 Å². The first-order chi connectivity index (χ1) is 8.27. The summed E-state index contributed by atoms with van der Waals surface area (Å²) in [5, 5.41) is 5.84. The Morgan fingerprint density at radius 3 is 2.59 bits per heavy atom. The van der Waals surface area contributed by atoms with Gasteiger partial charge in [-0.25, -0.2) is 4.79 Å². The van der Waals surface area contributed by atoms with Crippen LogP contribution < -0.4 is 16.4 Å². The Hall–Kier alpha value is -0.770. The van der Waals surface area contributed by atoms with E-state index in [0.29, 0.717) is 11.8 Å². The minimum Gasteiger partial charge on any atom is -0.338 e. The number of nitrogens with one attached hydrogen (secondary N) is 2. The molecule has 2 amide bonds. The molecular weight excluding hydrogens is 214 g/mol. The fraction of sp³-hybridized carbons (Fsp3) is 0.923. The van der Waals surface area contributed by atoms with E-state index >= 15 is 0 Å². The molecule has 4 nitrogen and oxygen atoms in total. The predicted octanol–water partition coefficient (Wildman–Crippen LogP) is 1.85. The second-order valence-corrected chi connectivity index (χ2v) is 5.03. The minimum absolute atomic E-state index is 0.0280. The van der Waals surface area contributed by atoms with Crippen molar-refractivity contribution in [1.29, 1.82) is 0 Å². The van der Waals surface area contributed by atoms with Crippen molar-refractivity contribution in [2.24, 2.45) is 17.6 Å². The molecule has 0 aromatic carbocycles. The molecule has 0 aliphatic heterocycles. The van der Waals surface area contributed by atoms with Crippen molar-refractivity contribution in [3.8, 4) is 0 Å². The first-order valence-electron chi connectivity index (χ1n) is 6.99. The van der Waals surface area contributed by atoms with Crippen LogP contribution in [0.15, 0.2) is 0 Å². The molecule has 17 heavy (non-hydrogen) atoms. The molecule has 0 heterocycles. The fourth-order valence-corrected chi connectivity index (χ4v) is 2.53. The zero-order valence-corrected chi connectivity index (χ0v) is 11.0. The first-order valence-corrected chi connectivity index (χ1v) is 6.99. The van der Waals surface area contributed by atoms with E-state index in [9.17, 15) is 4.79 Å². The number of carbonyl (C=O) groups is 1. The molecule has 1 aliphatic rings. The minimum atomic E-state index is -0.0280. The summed E-state index contributed by atoms with van der Waals surface area (Å²) in [6.45, 7) is 4.42. The number of unbranched alkanes of at least 4 members (excludes halogenated alkanes) is 1. The molecule has 0 bridgehead atoms. The van der Waals surface area contributed by atoms with Gasteiger partial charge in [0, 0.05) is 13.1 Å². The van der Waals surface area contributed by atoms with Crippen LogP contribution in [-0.2, 0) is 0 Å². The van der Waals surface area contributed by atoms with Crippen LogP contribution in [0.4, 0.5) is 4.79 Å². The van der Waals surface area contributed by atoms with Gasteiger partial charge in [0.15, 0.2) is 0 Å². The normalized spacial score (nSPS) is 24.4. The third-order valence-corrected chi connectivity index (χ3v) is 3.71. The summed E-state index contributed by atoms with van der Waals surface area (Å²) in [6, 6.07) is -0.0280. The average Bonchev–Trinajstić information content (AvgIpc) is 2.37. The summed E-state index contributed by atoms with van der Waals surface area (Å²) < 4.78 is 0. The van der Waals surface area contributed by atoms with E-state index < -0.39 is 0 Å². The van der Waals surface area contributed by atoms with Gasteiger partial charge in [-0.15, -0.1) is 0 Å². The van der Waals surface area contributed by atoms with Crippen LogP contribution in [0.5, 0.6) is 0 Å². The fourth-order valence-electron chi connectivity index (χ4n) is 2.53. The quantitative estimate of drug-likeness (QED) is 0.621. The summed E-state index contributed by atoms with van der Waals surface area (Å²) >= 11 is 0. The lowest BCUT2D eigenvalue weighted by molar-refractivity contribution is 0.218. The molecule has 1 saturated carbocycles. The Balaban J connectivity index is 2.17. The summed E-state index contributed by atoms with van der Waals surface area (Å²) in [4.78, 5) is 11.5. The predicted molar refractivity (Wildman–Crippen MR) is 70.8 cm³/mol. The molecule has 0 aromatic rings. The van der Waals surface area contributed by atoms with Crippen LogP contribution in [0.3, 0.4) is 0 Å². The zero-order chi connectivity index (χ0) is 12.5. The van der Waals surface area contributed by atoms with Gasteiger partial charge in [-0.2, -0.15) is 0 Å². The Morgan fingerprint density at radius 2 is 1.94 bits per heavy atom. The van der Waals surface area contributed by atoms with Crippen LogP contribution in [0.1, 0.15) is 45.4 Å². The van der Waals surface area contributed by atoms with Gasteiger partial charge in [0.2, 0.25) is 0 Å². The van der Waals surface area contributed by atoms with Crippen LogP contribution in [0.25, 0.3) is 0 Å². The van der Waals surface area contributed by atoms with Gasteiger partial charge in [-0.05, 0) is 37.6 Å². The summed E-state index contributed by atoms with van der Waals surface area (Å²) in [7, 11) is 0. The number of rotatable bonds is 6. The second-order valence-electron chi connectivity index (χ2n) is 5.03. The number of nitrogens with two attached hydrogens (primary N) is 1. The van der Waals surface area contributed by atoms with Crippen molar-refractivity contribution in [3.05, 3.63) is 0 Å². The van der Waals surface area contributed by atoms with E-state index in [0.717, 1.165) is 32.5 Å². The molecule has 0 spiro atoms. The van der Waals surface area contributed by atoms with Gasteiger partial charge in [0.1, 0.15) is 0 Å². The Kier molecular flexibility index (Phi) is 7.01. The highest BCUT2D eigenvalue weighted by Crippen LogP contribution is 2.28. The molecule has 0 radical (unpaired) electrons. The molecule has 2 atom stereocenters. The van der Waals surface area contributed by atoms with Gasteiger partial charge < -0.3 is 16.4 Å². The van der Waals surface area contributed by atoms with Gasteiger partial charge in [0.05, 0.1) is 0 Å². The maximum atomic E-state index is 11.5. The summed E-state index contributed by atoms with van der Waals surface area (Å²) in [5.74, 6) is 1.17. The van der Waals surface area contributed by atoms with E-state index in [1.54, 1.807) is 0 Å². The molecule has 0 aromatic heterocycles. The SMILES string of the molecule is CCCCNC(=O)NCC1CCCCC1CN. The highest BCUT2D eigenvalue weighted by molar-refractivity contribution is 5.73. The highest BCUT2D eigenvalue weighted by atomic mass is 16.2. The number of carbonyl (C=O) groups excluding carboxylic acids is 1. The molecule has 1 fully saturated rings. The van der Waals surface area contributed by atoms with Crippen LogP contribution in [-0.4, -0.2) is 25.7 Å². The van der Waals surface area contributed by atoms with Crippen LogP contribution in [0.2, 0.25) is 0 Å². The van der Waals surface area contributed by atoms with E-state index in [1.807, 2.05) is 0 Å². The lowest BCUT2D eigenvalue weighted by Gasteiger charge is -2.30. The number of amides is 2. The monoisotopic (exact) mass is 241 g/mol. The largest absolute Gasteiger partial charge is 0.338 e. The summed E-state index contributed by atoms with van der Waals surface area (Å²) in [5.41, 5.74) is 5.77. The number of hydrogen-bond acceptors (Lipinski definition) is 2. The molecule has 1 aliphatic carbocycles. The highest BCUT2D eigenvalue weighted by Gasteiger charge is 2.23. The van der Waals surface area contributed by atoms with E-state index in [-0.39, 0.29) is 6.03 Å². The molecule has 100 valence electrons. The van der Waals surface area contributed by atoms with Crippen molar-refractivity contribution in [2.45, 2.75) is 45.4 Å². The van der Waals surface area contributed by atoms with Crippen molar-refractivity contribution < 1.29 is 4.79 Å². The molecule has 0 saturated heterocycles. The molecular formula is C13H27N3O. The molecule has 4 N–H and O–H groups in total. The lowest BCUT2D eigenvalue weighted by atomic mass is 9.79. The van der Waals surface area contributed by atoms with Crippen molar-refractivity contribution in [2.75, 3.05) is 19.6 Å². The second kappa shape index (κ2) is 8.34. The van der Waals surface area contributed by atoms with Crippen molar-refractivity contribution in [3.63, 3.8) is 0 Å². The van der Waals surface area contributed by atoms with Gasteiger partial charge in [-0.1, -0.05) is 26.2 Å². The third-order valence-electron chi connectivity index (χ3n) is 3.71. The average molecular weight is 241 g/mol. The summed E-state index contributed by atoms with van der Waals surface area (Å²) in [6.07, 6.45) is 7.15. The molecule has 1 rings (SSSR count). The van der Waals surface area contributed by atoms with Crippen molar-refractivity contribution >= 4 is 6.03 Å². The molecule has 2 unspecified atom stereocenters. The Bertz CT molecular complexity index is 221.